The Hall–Kier alpha value is -0.650. The molecule has 0 amide bonds. The quantitative estimate of drug-likeness (QED) is 0.730. The maximum atomic E-state index is 8.72. The second kappa shape index (κ2) is 6.05. The SMILES string of the molecule is CCC(C)CSc1ccc(C#N)c(Cl)c1. The molecule has 0 fully saturated rings. The Balaban J connectivity index is 2.64. The molecule has 1 aromatic rings. The van der Waals surface area contributed by atoms with Crippen molar-refractivity contribution in [3.63, 3.8) is 0 Å². The smallest absolute Gasteiger partial charge is 0.101 e. The first-order chi connectivity index (χ1) is 7.17. The summed E-state index contributed by atoms with van der Waals surface area (Å²) in [6.45, 7) is 4.43. The van der Waals surface area contributed by atoms with Crippen LogP contribution in [0.25, 0.3) is 0 Å². The van der Waals surface area contributed by atoms with Gasteiger partial charge in [-0.1, -0.05) is 31.9 Å². The molecular formula is C12H14ClNS. The van der Waals surface area contributed by atoms with Gasteiger partial charge in [-0.15, -0.1) is 11.8 Å². The minimum Gasteiger partial charge on any atom is -0.192 e. The van der Waals surface area contributed by atoms with Crippen LogP contribution in [0.3, 0.4) is 0 Å². The van der Waals surface area contributed by atoms with Crippen LogP contribution in [0.2, 0.25) is 5.02 Å². The van der Waals surface area contributed by atoms with E-state index in [1.807, 2.05) is 12.1 Å². The first-order valence-electron chi connectivity index (χ1n) is 4.99. The molecule has 0 saturated carbocycles. The van der Waals surface area contributed by atoms with Crippen molar-refractivity contribution in [2.24, 2.45) is 5.92 Å². The van der Waals surface area contributed by atoms with Gasteiger partial charge in [0.2, 0.25) is 0 Å². The summed E-state index contributed by atoms with van der Waals surface area (Å²) >= 11 is 7.74. The van der Waals surface area contributed by atoms with E-state index in [2.05, 4.69) is 19.9 Å². The third-order valence-electron chi connectivity index (χ3n) is 2.29. The number of rotatable bonds is 4. The lowest BCUT2D eigenvalue weighted by molar-refractivity contribution is 0.637. The summed E-state index contributed by atoms with van der Waals surface area (Å²) in [6, 6.07) is 7.66. The monoisotopic (exact) mass is 239 g/mol. The molecule has 1 aromatic carbocycles. The van der Waals surface area contributed by atoms with E-state index >= 15 is 0 Å². The van der Waals surface area contributed by atoms with Crippen LogP contribution >= 0.6 is 23.4 Å². The summed E-state index contributed by atoms with van der Waals surface area (Å²) in [6.07, 6.45) is 1.19. The molecule has 15 heavy (non-hydrogen) atoms. The molecule has 0 radical (unpaired) electrons. The highest BCUT2D eigenvalue weighted by Gasteiger charge is 2.03. The van der Waals surface area contributed by atoms with Crippen molar-refractivity contribution >= 4 is 23.4 Å². The molecule has 0 aliphatic carbocycles. The van der Waals surface area contributed by atoms with E-state index in [1.54, 1.807) is 17.8 Å². The van der Waals surface area contributed by atoms with E-state index in [4.69, 9.17) is 16.9 Å². The highest BCUT2D eigenvalue weighted by atomic mass is 35.5. The number of nitrogens with zero attached hydrogens (tertiary/aromatic N) is 1. The first-order valence-corrected chi connectivity index (χ1v) is 6.36. The molecule has 0 aromatic heterocycles. The van der Waals surface area contributed by atoms with Crippen molar-refractivity contribution in [2.75, 3.05) is 5.75 Å². The van der Waals surface area contributed by atoms with E-state index in [0.29, 0.717) is 16.5 Å². The molecule has 1 unspecified atom stereocenters. The van der Waals surface area contributed by atoms with Crippen LogP contribution in [-0.2, 0) is 0 Å². The Bertz CT molecular complexity index is 370. The van der Waals surface area contributed by atoms with Gasteiger partial charge in [0.15, 0.2) is 0 Å². The van der Waals surface area contributed by atoms with Gasteiger partial charge in [0, 0.05) is 10.6 Å². The summed E-state index contributed by atoms with van der Waals surface area (Å²) in [4.78, 5) is 1.14. The van der Waals surface area contributed by atoms with Crippen molar-refractivity contribution in [3.05, 3.63) is 28.8 Å². The molecule has 0 aliphatic rings. The van der Waals surface area contributed by atoms with Gasteiger partial charge < -0.3 is 0 Å². The Morgan fingerprint density at radius 1 is 1.53 bits per heavy atom. The van der Waals surface area contributed by atoms with E-state index in [9.17, 15) is 0 Å². The predicted octanol–water partition coefficient (Wildman–Crippen LogP) is 4.35. The standard InChI is InChI=1S/C12H14ClNS/c1-3-9(2)8-15-11-5-4-10(7-14)12(13)6-11/h4-6,9H,3,8H2,1-2H3. The van der Waals surface area contributed by atoms with Gasteiger partial charge >= 0.3 is 0 Å². The van der Waals surface area contributed by atoms with Crippen LogP contribution in [0.1, 0.15) is 25.8 Å². The Morgan fingerprint density at radius 2 is 2.27 bits per heavy atom. The highest BCUT2D eigenvalue weighted by Crippen LogP contribution is 2.26. The largest absolute Gasteiger partial charge is 0.192 e. The lowest BCUT2D eigenvalue weighted by Crippen LogP contribution is -1.94. The van der Waals surface area contributed by atoms with Crippen LogP contribution in [0.5, 0.6) is 0 Å². The third-order valence-corrected chi connectivity index (χ3v) is 3.93. The minimum atomic E-state index is 0.546. The number of thioether (sulfide) groups is 1. The van der Waals surface area contributed by atoms with Crippen LogP contribution in [0, 0.1) is 17.2 Å². The fourth-order valence-corrected chi connectivity index (χ4v) is 2.40. The first kappa shape index (κ1) is 12.4. The van der Waals surface area contributed by atoms with Crippen LogP contribution < -0.4 is 0 Å². The van der Waals surface area contributed by atoms with Gasteiger partial charge in [0.1, 0.15) is 6.07 Å². The Morgan fingerprint density at radius 3 is 2.80 bits per heavy atom. The summed E-state index contributed by atoms with van der Waals surface area (Å²) in [5, 5.41) is 9.27. The summed E-state index contributed by atoms with van der Waals surface area (Å²) in [5.41, 5.74) is 0.546. The lowest BCUT2D eigenvalue weighted by Gasteiger charge is -2.07. The summed E-state index contributed by atoms with van der Waals surface area (Å²) in [5.74, 6) is 1.81. The van der Waals surface area contributed by atoms with Crippen molar-refractivity contribution < 1.29 is 0 Å². The molecule has 0 heterocycles. The van der Waals surface area contributed by atoms with Crippen molar-refractivity contribution in [1.29, 1.82) is 5.26 Å². The average molecular weight is 240 g/mol. The maximum absolute atomic E-state index is 8.72. The van der Waals surface area contributed by atoms with E-state index < -0.39 is 0 Å². The second-order valence-electron chi connectivity index (χ2n) is 3.58. The average Bonchev–Trinajstić information content (AvgIpc) is 2.26. The molecule has 0 bridgehead atoms. The molecular weight excluding hydrogens is 226 g/mol. The van der Waals surface area contributed by atoms with Crippen molar-refractivity contribution in [1.82, 2.24) is 0 Å². The maximum Gasteiger partial charge on any atom is 0.101 e. The molecule has 3 heteroatoms. The van der Waals surface area contributed by atoms with Gasteiger partial charge in [-0.3, -0.25) is 0 Å². The minimum absolute atomic E-state index is 0.546. The molecule has 1 atom stereocenters. The van der Waals surface area contributed by atoms with E-state index in [-0.39, 0.29) is 0 Å². The zero-order chi connectivity index (χ0) is 11.3. The van der Waals surface area contributed by atoms with Crippen molar-refractivity contribution in [3.8, 4) is 6.07 Å². The fraction of sp³-hybridized carbons (Fsp3) is 0.417. The zero-order valence-corrected chi connectivity index (χ0v) is 10.5. The molecule has 0 saturated heterocycles. The Kier molecular flexibility index (Phi) is 5.01. The molecule has 1 nitrogen and oxygen atoms in total. The zero-order valence-electron chi connectivity index (χ0n) is 8.96. The summed E-state index contributed by atoms with van der Waals surface area (Å²) in [7, 11) is 0. The number of hydrogen-bond acceptors (Lipinski definition) is 2. The topological polar surface area (TPSA) is 23.8 Å². The molecule has 0 N–H and O–H groups in total. The van der Waals surface area contributed by atoms with Crippen LogP contribution in [-0.4, -0.2) is 5.75 Å². The number of benzene rings is 1. The van der Waals surface area contributed by atoms with Gasteiger partial charge in [-0.05, 0) is 24.1 Å². The fourth-order valence-electron chi connectivity index (χ4n) is 1.03. The normalized spacial score (nSPS) is 12.1. The number of halogens is 1. The third kappa shape index (κ3) is 3.77. The molecule has 0 aliphatic heterocycles. The van der Waals surface area contributed by atoms with Crippen molar-refractivity contribution in [2.45, 2.75) is 25.2 Å². The van der Waals surface area contributed by atoms with Gasteiger partial charge in [-0.25, -0.2) is 0 Å². The molecule has 1 rings (SSSR count). The predicted molar refractivity (Wildman–Crippen MR) is 66.3 cm³/mol. The van der Waals surface area contributed by atoms with E-state index in [0.717, 1.165) is 10.6 Å². The highest BCUT2D eigenvalue weighted by molar-refractivity contribution is 7.99. The second-order valence-corrected chi connectivity index (χ2v) is 5.08. The lowest BCUT2D eigenvalue weighted by atomic mass is 10.2. The molecule has 80 valence electrons. The van der Waals surface area contributed by atoms with Crippen LogP contribution in [0.15, 0.2) is 23.1 Å². The van der Waals surface area contributed by atoms with E-state index in [1.165, 1.54) is 6.42 Å². The van der Waals surface area contributed by atoms with Gasteiger partial charge in [0.25, 0.3) is 0 Å². The number of hydrogen-bond donors (Lipinski definition) is 0. The van der Waals surface area contributed by atoms with Crippen LogP contribution in [0.4, 0.5) is 0 Å². The van der Waals surface area contributed by atoms with Gasteiger partial charge in [0.05, 0.1) is 10.6 Å². The van der Waals surface area contributed by atoms with Gasteiger partial charge in [-0.2, -0.15) is 5.26 Å². The number of nitriles is 1. The summed E-state index contributed by atoms with van der Waals surface area (Å²) < 4.78 is 0. The molecule has 0 spiro atoms. The Labute approximate surface area is 100 Å².